The summed E-state index contributed by atoms with van der Waals surface area (Å²) < 4.78 is 0. The number of carbonyl (C=O) groups is 1. The van der Waals surface area contributed by atoms with Crippen molar-refractivity contribution in [3.8, 4) is 10.4 Å². The predicted octanol–water partition coefficient (Wildman–Crippen LogP) is 4.75. The number of rotatable bonds is 4. The van der Waals surface area contributed by atoms with Gasteiger partial charge in [0.25, 0.3) is 5.70 Å². The average molecular weight is 338 g/mol. The van der Waals surface area contributed by atoms with E-state index in [9.17, 15) is 4.79 Å². The van der Waals surface area contributed by atoms with Crippen molar-refractivity contribution in [1.29, 1.82) is 0 Å². The molecule has 1 saturated heterocycles. The van der Waals surface area contributed by atoms with Crippen LogP contribution in [0.15, 0.2) is 42.1 Å². The number of nitrogens with zero attached hydrogens (tertiary/aromatic N) is 2. The predicted molar refractivity (Wildman–Crippen MR) is 98.0 cm³/mol. The average Bonchev–Trinajstić information content (AvgIpc) is 3.09. The minimum Gasteiger partial charge on any atom is -0.486 e. The number of anilines is 1. The van der Waals surface area contributed by atoms with Crippen molar-refractivity contribution in [3.05, 3.63) is 58.4 Å². The van der Waals surface area contributed by atoms with Gasteiger partial charge >= 0.3 is 5.97 Å². The van der Waals surface area contributed by atoms with E-state index in [4.69, 9.17) is 11.7 Å². The number of aliphatic carboxylic acids is 1. The second kappa shape index (κ2) is 7.33. The largest absolute Gasteiger partial charge is 0.486 e. The minimum atomic E-state index is -1.19. The highest BCUT2D eigenvalue weighted by atomic mass is 32.1. The van der Waals surface area contributed by atoms with Gasteiger partial charge in [0.05, 0.1) is 6.57 Å². The van der Waals surface area contributed by atoms with Crippen LogP contribution in [0.25, 0.3) is 21.4 Å². The lowest BCUT2D eigenvalue weighted by Crippen LogP contribution is -2.29. The highest BCUT2D eigenvalue weighted by Gasteiger charge is 2.12. The molecule has 24 heavy (non-hydrogen) atoms. The topological polar surface area (TPSA) is 44.9 Å². The van der Waals surface area contributed by atoms with E-state index >= 15 is 0 Å². The molecule has 3 rings (SSSR count). The van der Waals surface area contributed by atoms with E-state index < -0.39 is 5.97 Å². The molecule has 0 amide bonds. The molecule has 1 aliphatic heterocycles. The Morgan fingerprint density at radius 1 is 1.12 bits per heavy atom. The molecule has 1 aromatic carbocycles. The Morgan fingerprint density at radius 3 is 2.46 bits per heavy atom. The third-order valence-electron chi connectivity index (χ3n) is 4.12. The first-order chi connectivity index (χ1) is 11.7. The molecule has 1 N–H and O–H groups in total. The third-order valence-corrected chi connectivity index (χ3v) is 5.20. The Morgan fingerprint density at radius 2 is 1.83 bits per heavy atom. The Bertz CT molecular complexity index is 794. The zero-order valence-corrected chi connectivity index (χ0v) is 14.1. The summed E-state index contributed by atoms with van der Waals surface area (Å²) in [6.07, 6.45) is 5.26. The van der Waals surface area contributed by atoms with Gasteiger partial charge in [0, 0.05) is 28.5 Å². The monoisotopic (exact) mass is 338 g/mol. The van der Waals surface area contributed by atoms with E-state index in [2.05, 4.69) is 34.0 Å². The molecular weight excluding hydrogens is 320 g/mol. The summed E-state index contributed by atoms with van der Waals surface area (Å²) in [5.74, 6) is -1.19. The molecule has 1 aliphatic rings. The molecule has 0 bridgehead atoms. The number of hydrogen-bond acceptors (Lipinski definition) is 3. The molecule has 0 radical (unpaired) electrons. The highest BCUT2D eigenvalue weighted by Crippen LogP contribution is 2.31. The molecule has 0 saturated carbocycles. The number of carboxylic acid groups (broad SMARTS) is 1. The Balaban J connectivity index is 1.78. The van der Waals surface area contributed by atoms with Gasteiger partial charge in [-0.25, -0.2) is 4.85 Å². The Labute approximate surface area is 145 Å². The summed E-state index contributed by atoms with van der Waals surface area (Å²) in [6, 6.07) is 12.3. The van der Waals surface area contributed by atoms with Gasteiger partial charge in [0.1, 0.15) is 0 Å². The third kappa shape index (κ3) is 3.66. The summed E-state index contributed by atoms with van der Waals surface area (Å²) in [7, 11) is 0. The minimum absolute atomic E-state index is 0.260. The van der Waals surface area contributed by atoms with Crippen molar-refractivity contribution >= 4 is 29.1 Å². The van der Waals surface area contributed by atoms with Crippen LogP contribution in [0.1, 0.15) is 24.1 Å². The molecule has 1 fully saturated rings. The van der Waals surface area contributed by atoms with E-state index in [1.54, 1.807) is 0 Å². The SMILES string of the molecule is [C-]#[N+]C(=Cc1ccc(-c2ccc(N3CCCCC3)cc2)s1)C(=O)O. The van der Waals surface area contributed by atoms with Gasteiger partial charge in [-0.2, -0.15) is 0 Å². The van der Waals surface area contributed by atoms with Gasteiger partial charge in [-0.15, -0.1) is 11.3 Å². The van der Waals surface area contributed by atoms with Crippen molar-refractivity contribution in [2.75, 3.05) is 18.0 Å². The van der Waals surface area contributed by atoms with Crippen LogP contribution in [0.2, 0.25) is 0 Å². The van der Waals surface area contributed by atoms with Gasteiger partial charge in [-0.3, -0.25) is 4.79 Å². The van der Waals surface area contributed by atoms with Gasteiger partial charge in [0.2, 0.25) is 0 Å². The highest BCUT2D eigenvalue weighted by molar-refractivity contribution is 7.16. The van der Waals surface area contributed by atoms with E-state index in [0.29, 0.717) is 0 Å². The first-order valence-electron chi connectivity index (χ1n) is 7.95. The van der Waals surface area contributed by atoms with Crippen molar-refractivity contribution in [2.24, 2.45) is 0 Å². The fraction of sp³-hybridized carbons (Fsp3) is 0.263. The van der Waals surface area contributed by atoms with Crippen LogP contribution < -0.4 is 4.90 Å². The van der Waals surface area contributed by atoms with Crippen LogP contribution in [-0.4, -0.2) is 24.2 Å². The summed E-state index contributed by atoms with van der Waals surface area (Å²) in [4.78, 5) is 18.2. The van der Waals surface area contributed by atoms with Crippen LogP contribution in [0.3, 0.4) is 0 Å². The quantitative estimate of drug-likeness (QED) is 0.646. The van der Waals surface area contributed by atoms with Gasteiger partial charge in [-0.1, -0.05) is 12.1 Å². The molecule has 0 atom stereocenters. The van der Waals surface area contributed by atoms with Crippen molar-refractivity contribution < 1.29 is 9.90 Å². The first-order valence-corrected chi connectivity index (χ1v) is 8.77. The molecule has 2 aromatic rings. The first kappa shape index (κ1) is 16.3. The van der Waals surface area contributed by atoms with Crippen LogP contribution in [0, 0.1) is 6.57 Å². The van der Waals surface area contributed by atoms with Crippen molar-refractivity contribution in [3.63, 3.8) is 0 Å². The van der Waals surface area contributed by atoms with E-state index in [-0.39, 0.29) is 5.70 Å². The second-order valence-electron chi connectivity index (χ2n) is 5.74. The molecule has 4 nitrogen and oxygen atoms in total. The summed E-state index contributed by atoms with van der Waals surface area (Å²) in [5.41, 5.74) is 2.11. The fourth-order valence-corrected chi connectivity index (χ4v) is 3.80. The maximum absolute atomic E-state index is 10.9. The Hall–Kier alpha value is -2.58. The Kier molecular flexibility index (Phi) is 4.97. The summed E-state index contributed by atoms with van der Waals surface area (Å²) in [5, 5.41) is 8.93. The molecule has 122 valence electrons. The lowest BCUT2D eigenvalue weighted by molar-refractivity contribution is -0.132. The van der Waals surface area contributed by atoms with E-state index in [1.165, 1.54) is 42.4 Å². The fourth-order valence-electron chi connectivity index (χ4n) is 2.85. The zero-order valence-electron chi connectivity index (χ0n) is 13.2. The van der Waals surface area contributed by atoms with Gasteiger partial charge in [-0.05, 0) is 55.2 Å². The maximum Gasteiger partial charge on any atom is 0.333 e. The maximum atomic E-state index is 10.9. The molecule has 2 heterocycles. The van der Waals surface area contributed by atoms with Crippen LogP contribution >= 0.6 is 11.3 Å². The van der Waals surface area contributed by atoms with E-state index in [1.807, 2.05) is 12.1 Å². The standard InChI is InChI=1S/C19H18N2O2S/c1-20-17(19(22)23)13-16-9-10-18(24-16)14-5-7-15(8-6-14)21-11-3-2-4-12-21/h5-10,13H,2-4,11-12H2,(H,22,23). The molecular formula is C19H18N2O2S. The molecule has 5 heteroatoms. The number of carboxylic acids is 1. The molecule has 1 aromatic heterocycles. The van der Waals surface area contributed by atoms with Crippen LogP contribution in [0.5, 0.6) is 0 Å². The molecule has 0 spiro atoms. The second-order valence-corrected chi connectivity index (χ2v) is 6.86. The van der Waals surface area contributed by atoms with Crippen molar-refractivity contribution in [2.45, 2.75) is 19.3 Å². The molecule has 0 aliphatic carbocycles. The normalized spacial score (nSPS) is 15.1. The van der Waals surface area contributed by atoms with E-state index in [0.717, 1.165) is 28.4 Å². The number of hydrogen-bond donors (Lipinski definition) is 1. The lowest BCUT2D eigenvalue weighted by atomic mass is 10.1. The molecule has 0 unspecified atom stereocenters. The van der Waals surface area contributed by atoms with Gasteiger partial charge < -0.3 is 10.0 Å². The lowest BCUT2D eigenvalue weighted by Gasteiger charge is -2.28. The number of piperidine rings is 1. The van der Waals surface area contributed by atoms with Crippen molar-refractivity contribution in [1.82, 2.24) is 0 Å². The number of thiophene rings is 1. The summed E-state index contributed by atoms with van der Waals surface area (Å²) >= 11 is 1.49. The van der Waals surface area contributed by atoms with Crippen LogP contribution in [-0.2, 0) is 4.79 Å². The van der Waals surface area contributed by atoms with Crippen LogP contribution in [0.4, 0.5) is 5.69 Å². The number of benzene rings is 1. The zero-order chi connectivity index (χ0) is 16.9. The van der Waals surface area contributed by atoms with Gasteiger partial charge in [0.15, 0.2) is 0 Å². The summed E-state index contributed by atoms with van der Waals surface area (Å²) in [6.45, 7) is 9.16. The smallest absolute Gasteiger partial charge is 0.333 e.